The Bertz CT molecular complexity index is 979. The molecule has 0 bridgehead atoms. The predicted octanol–water partition coefficient (Wildman–Crippen LogP) is 3.62. The van der Waals surface area contributed by atoms with E-state index in [2.05, 4.69) is 20.6 Å². The van der Waals surface area contributed by atoms with Crippen LogP contribution in [0.1, 0.15) is 15.9 Å². The summed E-state index contributed by atoms with van der Waals surface area (Å²) in [5.74, 6) is -2.11. The predicted molar refractivity (Wildman–Crippen MR) is 90.8 cm³/mol. The highest BCUT2D eigenvalue weighted by Crippen LogP contribution is 2.21. The highest BCUT2D eigenvalue weighted by molar-refractivity contribution is 6.04. The summed E-state index contributed by atoms with van der Waals surface area (Å²) in [4.78, 5) is 19.9. The molecule has 0 saturated heterocycles. The van der Waals surface area contributed by atoms with Crippen molar-refractivity contribution in [3.05, 3.63) is 77.6 Å². The fraction of sp³-hybridized carbons (Fsp3) is 0. The minimum Gasteiger partial charge on any atom is -0.322 e. The first-order valence-electron chi connectivity index (χ1n) is 7.41. The summed E-state index contributed by atoms with van der Waals surface area (Å²) in [6.07, 6.45) is 2.44. The monoisotopic (exact) mass is 351 g/mol. The summed E-state index contributed by atoms with van der Waals surface area (Å²) in [6.45, 7) is 0. The number of benzene rings is 2. The number of anilines is 3. The second kappa shape index (κ2) is 7.36. The summed E-state index contributed by atoms with van der Waals surface area (Å²) in [6, 6.07) is 11.8. The molecule has 0 aliphatic heterocycles. The molecule has 1 aromatic heterocycles. The first-order valence-corrected chi connectivity index (χ1v) is 7.41. The highest BCUT2D eigenvalue weighted by Gasteiger charge is 2.12. The fourth-order valence-electron chi connectivity index (χ4n) is 2.11. The van der Waals surface area contributed by atoms with Gasteiger partial charge < -0.3 is 10.6 Å². The first kappa shape index (κ1) is 17.0. The zero-order valence-corrected chi connectivity index (χ0v) is 13.2. The van der Waals surface area contributed by atoms with E-state index in [9.17, 15) is 13.6 Å². The maximum Gasteiger partial charge on any atom is 0.258 e. The lowest BCUT2D eigenvalue weighted by atomic mass is 10.2. The molecule has 8 heteroatoms. The molecule has 0 fully saturated rings. The van der Waals surface area contributed by atoms with E-state index in [4.69, 9.17) is 5.26 Å². The summed E-state index contributed by atoms with van der Waals surface area (Å²) in [7, 11) is 0. The third-order valence-corrected chi connectivity index (χ3v) is 3.36. The van der Waals surface area contributed by atoms with Gasteiger partial charge in [-0.05, 0) is 30.3 Å². The molecule has 0 aliphatic carbocycles. The van der Waals surface area contributed by atoms with E-state index in [1.165, 1.54) is 24.5 Å². The lowest BCUT2D eigenvalue weighted by molar-refractivity contribution is 0.102. The van der Waals surface area contributed by atoms with Gasteiger partial charge in [0, 0.05) is 18.1 Å². The number of nitrogens with one attached hydrogen (secondary N) is 2. The Morgan fingerprint density at radius 1 is 1.04 bits per heavy atom. The van der Waals surface area contributed by atoms with Gasteiger partial charge in [-0.25, -0.2) is 18.7 Å². The quantitative estimate of drug-likeness (QED) is 0.749. The lowest BCUT2D eigenvalue weighted by Gasteiger charge is -2.08. The van der Waals surface area contributed by atoms with Gasteiger partial charge in [-0.15, -0.1) is 0 Å². The van der Waals surface area contributed by atoms with Crippen molar-refractivity contribution in [3.8, 4) is 6.07 Å². The van der Waals surface area contributed by atoms with E-state index < -0.39 is 17.5 Å². The van der Waals surface area contributed by atoms with Gasteiger partial charge in [0.25, 0.3) is 5.91 Å². The van der Waals surface area contributed by atoms with Gasteiger partial charge in [-0.1, -0.05) is 12.1 Å². The van der Waals surface area contributed by atoms with Crippen LogP contribution in [0.5, 0.6) is 0 Å². The van der Waals surface area contributed by atoms with Crippen LogP contribution < -0.4 is 10.6 Å². The van der Waals surface area contributed by atoms with Crippen molar-refractivity contribution in [2.24, 2.45) is 0 Å². The molecule has 3 aromatic rings. The van der Waals surface area contributed by atoms with Crippen LogP contribution in [0.2, 0.25) is 0 Å². The van der Waals surface area contributed by atoms with Gasteiger partial charge in [0.2, 0.25) is 5.95 Å². The summed E-state index contributed by atoms with van der Waals surface area (Å²) < 4.78 is 27.2. The number of rotatable bonds is 4. The first-order chi connectivity index (χ1) is 12.6. The van der Waals surface area contributed by atoms with Gasteiger partial charge in [-0.2, -0.15) is 5.26 Å². The average molecular weight is 351 g/mol. The van der Waals surface area contributed by atoms with Crippen LogP contribution in [-0.2, 0) is 0 Å². The van der Waals surface area contributed by atoms with Gasteiger partial charge in [0.1, 0.15) is 17.3 Å². The Morgan fingerprint density at radius 2 is 1.69 bits per heavy atom. The SMILES string of the molecule is N#Cc1cccc(NC(=O)c2cnc(Nc3c(F)cccc3F)nc2)c1. The van der Waals surface area contributed by atoms with Crippen molar-refractivity contribution >= 4 is 23.2 Å². The molecule has 0 saturated carbocycles. The number of hydrogen-bond acceptors (Lipinski definition) is 5. The molecule has 6 nitrogen and oxygen atoms in total. The third kappa shape index (κ3) is 3.79. The fourth-order valence-corrected chi connectivity index (χ4v) is 2.11. The number of nitrogens with zero attached hydrogens (tertiary/aromatic N) is 3. The highest BCUT2D eigenvalue weighted by atomic mass is 19.1. The van der Waals surface area contributed by atoms with Crippen LogP contribution in [0, 0.1) is 23.0 Å². The Balaban J connectivity index is 1.73. The Kier molecular flexibility index (Phi) is 4.80. The van der Waals surface area contributed by atoms with Crippen LogP contribution in [-0.4, -0.2) is 15.9 Å². The van der Waals surface area contributed by atoms with E-state index in [0.29, 0.717) is 11.3 Å². The van der Waals surface area contributed by atoms with Crippen molar-refractivity contribution < 1.29 is 13.6 Å². The van der Waals surface area contributed by atoms with Crippen LogP contribution in [0.15, 0.2) is 54.9 Å². The zero-order chi connectivity index (χ0) is 18.5. The Labute approximate surface area is 147 Å². The van der Waals surface area contributed by atoms with Crippen molar-refractivity contribution in [2.75, 3.05) is 10.6 Å². The molecule has 0 aliphatic rings. The summed E-state index contributed by atoms with van der Waals surface area (Å²) in [5.41, 5.74) is 0.625. The van der Waals surface area contributed by atoms with Crippen LogP contribution >= 0.6 is 0 Å². The number of nitriles is 1. The zero-order valence-electron chi connectivity index (χ0n) is 13.2. The maximum absolute atomic E-state index is 13.6. The van der Waals surface area contributed by atoms with E-state index >= 15 is 0 Å². The normalized spacial score (nSPS) is 10.0. The number of carbonyl (C=O) groups is 1. The molecule has 0 unspecified atom stereocenters. The largest absolute Gasteiger partial charge is 0.322 e. The van der Waals surface area contributed by atoms with Crippen molar-refractivity contribution in [2.45, 2.75) is 0 Å². The molecule has 2 N–H and O–H groups in total. The molecule has 128 valence electrons. The van der Waals surface area contributed by atoms with Gasteiger partial charge in [0.15, 0.2) is 0 Å². The second-order valence-corrected chi connectivity index (χ2v) is 5.16. The number of hydrogen-bond donors (Lipinski definition) is 2. The maximum atomic E-state index is 13.6. The molecular weight excluding hydrogens is 340 g/mol. The number of aromatic nitrogens is 2. The van der Waals surface area contributed by atoms with Crippen molar-refractivity contribution in [1.82, 2.24) is 9.97 Å². The standard InChI is InChI=1S/C18H11F2N5O/c19-14-5-2-6-15(20)16(14)25-18-22-9-12(10-23-18)17(26)24-13-4-1-3-11(7-13)8-21/h1-7,9-10H,(H,24,26)(H,22,23,25). The summed E-state index contributed by atoms with van der Waals surface area (Å²) >= 11 is 0. The van der Waals surface area contributed by atoms with Gasteiger partial charge in [-0.3, -0.25) is 4.79 Å². The van der Waals surface area contributed by atoms with Crippen molar-refractivity contribution in [3.63, 3.8) is 0 Å². The van der Waals surface area contributed by atoms with Crippen LogP contribution in [0.3, 0.4) is 0 Å². The van der Waals surface area contributed by atoms with E-state index in [0.717, 1.165) is 12.1 Å². The number of halogens is 2. The van der Waals surface area contributed by atoms with E-state index in [1.807, 2.05) is 6.07 Å². The smallest absolute Gasteiger partial charge is 0.258 e. The van der Waals surface area contributed by atoms with Crippen LogP contribution in [0.4, 0.5) is 26.1 Å². The van der Waals surface area contributed by atoms with Gasteiger partial charge in [0.05, 0.1) is 17.2 Å². The van der Waals surface area contributed by atoms with E-state index in [-0.39, 0.29) is 17.2 Å². The minimum absolute atomic E-state index is 0.0583. The average Bonchev–Trinajstić information content (AvgIpc) is 2.65. The second-order valence-electron chi connectivity index (χ2n) is 5.16. The number of para-hydroxylation sites is 1. The van der Waals surface area contributed by atoms with Gasteiger partial charge >= 0.3 is 0 Å². The lowest BCUT2D eigenvalue weighted by Crippen LogP contribution is -2.13. The molecular formula is C18H11F2N5O. The molecule has 26 heavy (non-hydrogen) atoms. The summed E-state index contributed by atoms with van der Waals surface area (Å²) in [5, 5.41) is 13.9. The molecule has 3 rings (SSSR count). The number of amides is 1. The molecule has 0 atom stereocenters. The molecule has 0 radical (unpaired) electrons. The van der Waals surface area contributed by atoms with E-state index in [1.54, 1.807) is 18.2 Å². The Morgan fingerprint density at radius 3 is 2.35 bits per heavy atom. The molecule has 1 heterocycles. The Hall–Kier alpha value is -3.86. The number of carbonyl (C=O) groups excluding carboxylic acids is 1. The molecule has 1 amide bonds. The van der Waals surface area contributed by atoms with Crippen molar-refractivity contribution in [1.29, 1.82) is 5.26 Å². The topological polar surface area (TPSA) is 90.7 Å². The molecule has 0 spiro atoms. The third-order valence-electron chi connectivity index (χ3n) is 3.36. The van der Waals surface area contributed by atoms with Crippen LogP contribution in [0.25, 0.3) is 0 Å². The molecule has 2 aromatic carbocycles. The minimum atomic E-state index is -0.784.